The summed E-state index contributed by atoms with van der Waals surface area (Å²) in [5.41, 5.74) is 0. The number of carboxylic acid groups (broad SMARTS) is 1. The number of ether oxygens (including phenoxy) is 1. The van der Waals surface area contributed by atoms with Crippen LogP contribution in [0.3, 0.4) is 0 Å². The standard InChI is InChI=1S/C11H17F3N4O3/c1-7(2)8(5-10(19)20)18-9(15-16-17-18)3-4-21-6-11(12,13)14/h7-8H,3-6H2,1-2H3,(H,19,20). The smallest absolute Gasteiger partial charge is 0.411 e. The zero-order valence-corrected chi connectivity index (χ0v) is 11.7. The fourth-order valence-electron chi connectivity index (χ4n) is 1.77. The molecule has 0 aromatic carbocycles. The van der Waals surface area contributed by atoms with Crippen LogP contribution in [-0.4, -0.2) is 50.7 Å². The van der Waals surface area contributed by atoms with Crippen molar-refractivity contribution in [2.24, 2.45) is 5.92 Å². The van der Waals surface area contributed by atoms with Crippen LogP contribution in [-0.2, 0) is 16.0 Å². The fraction of sp³-hybridized carbons (Fsp3) is 0.818. The summed E-state index contributed by atoms with van der Waals surface area (Å²) < 4.78 is 41.7. The molecule has 0 saturated heterocycles. The van der Waals surface area contributed by atoms with Crippen LogP contribution < -0.4 is 0 Å². The van der Waals surface area contributed by atoms with Crippen molar-refractivity contribution < 1.29 is 27.8 Å². The van der Waals surface area contributed by atoms with E-state index in [9.17, 15) is 18.0 Å². The van der Waals surface area contributed by atoms with E-state index in [0.717, 1.165) is 0 Å². The van der Waals surface area contributed by atoms with Crippen molar-refractivity contribution >= 4 is 5.97 Å². The molecule has 0 bridgehead atoms. The van der Waals surface area contributed by atoms with Gasteiger partial charge in [0, 0.05) is 6.42 Å². The predicted octanol–water partition coefficient (Wildman–Crippen LogP) is 1.47. The van der Waals surface area contributed by atoms with Crippen LogP contribution in [0.25, 0.3) is 0 Å². The molecule has 21 heavy (non-hydrogen) atoms. The molecule has 0 radical (unpaired) electrons. The number of alkyl halides is 3. The molecule has 1 aromatic rings. The van der Waals surface area contributed by atoms with Gasteiger partial charge in [0.15, 0.2) is 5.82 Å². The number of carbonyl (C=O) groups is 1. The van der Waals surface area contributed by atoms with E-state index in [4.69, 9.17) is 5.11 Å². The van der Waals surface area contributed by atoms with Gasteiger partial charge >= 0.3 is 12.1 Å². The highest BCUT2D eigenvalue weighted by Crippen LogP contribution is 2.22. The average Bonchev–Trinajstić information content (AvgIpc) is 2.78. The lowest BCUT2D eigenvalue weighted by molar-refractivity contribution is -0.173. The summed E-state index contributed by atoms with van der Waals surface area (Å²) in [6.07, 6.45) is -4.47. The minimum atomic E-state index is -4.38. The van der Waals surface area contributed by atoms with Gasteiger partial charge in [-0.05, 0) is 16.3 Å². The third-order valence-electron chi connectivity index (χ3n) is 2.76. The molecule has 0 fully saturated rings. The number of halogens is 3. The predicted molar refractivity (Wildman–Crippen MR) is 64.5 cm³/mol. The van der Waals surface area contributed by atoms with Gasteiger partial charge in [-0.2, -0.15) is 13.2 Å². The number of hydrogen-bond donors (Lipinski definition) is 1. The van der Waals surface area contributed by atoms with Crippen LogP contribution >= 0.6 is 0 Å². The Hall–Kier alpha value is -1.71. The largest absolute Gasteiger partial charge is 0.481 e. The van der Waals surface area contributed by atoms with Gasteiger partial charge in [0.2, 0.25) is 0 Å². The zero-order valence-electron chi connectivity index (χ0n) is 11.7. The molecule has 1 unspecified atom stereocenters. The summed E-state index contributed by atoms with van der Waals surface area (Å²) in [5.74, 6) is -0.736. The Bertz CT molecular complexity index is 462. The first-order chi connectivity index (χ1) is 9.70. The third-order valence-corrected chi connectivity index (χ3v) is 2.76. The number of tetrazole rings is 1. The first kappa shape index (κ1) is 17.3. The molecular weight excluding hydrogens is 293 g/mol. The average molecular weight is 310 g/mol. The second kappa shape index (κ2) is 7.34. The first-order valence-corrected chi connectivity index (χ1v) is 6.33. The Balaban J connectivity index is 2.65. The van der Waals surface area contributed by atoms with E-state index < -0.39 is 24.8 Å². The normalized spacial score (nSPS) is 13.6. The summed E-state index contributed by atoms with van der Waals surface area (Å²) in [4.78, 5) is 10.9. The monoisotopic (exact) mass is 310 g/mol. The Kier molecular flexibility index (Phi) is 6.06. The van der Waals surface area contributed by atoms with Crippen LogP contribution in [0, 0.1) is 5.92 Å². The Morgan fingerprint density at radius 2 is 2.10 bits per heavy atom. The van der Waals surface area contributed by atoms with Crippen molar-refractivity contribution in [2.45, 2.75) is 38.9 Å². The second-order valence-corrected chi connectivity index (χ2v) is 4.87. The van der Waals surface area contributed by atoms with E-state index in [1.807, 2.05) is 13.8 Å². The zero-order chi connectivity index (χ0) is 16.0. The van der Waals surface area contributed by atoms with E-state index in [2.05, 4.69) is 20.3 Å². The van der Waals surface area contributed by atoms with Gasteiger partial charge in [0.25, 0.3) is 0 Å². The SMILES string of the molecule is CC(C)C(CC(=O)O)n1nnnc1CCOCC(F)(F)F. The maximum atomic E-state index is 11.9. The number of hydrogen-bond acceptors (Lipinski definition) is 5. The third kappa shape index (κ3) is 6.06. The molecule has 1 N–H and O–H groups in total. The Morgan fingerprint density at radius 1 is 1.43 bits per heavy atom. The quantitative estimate of drug-likeness (QED) is 0.731. The highest BCUT2D eigenvalue weighted by atomic mass is 19.4. The van der Waals surface area contributed by atoms with Gasteiger partial charge in [-0.25, -0.2) is 4.68 Å². The molecule has 1 heterocycles. The molecule has 0 aliphatic carbocycles. The second-order valence-electron chi connectivity index (χ2n) is 4.87. The topological polar surface area (TPSA) is 90.1 Å². The molecule has 1 aromatic heterocycles. The molecule has 0 aliphatic rings. The van der Waals surface area contributed by atoms with Gasteiger partial charge in [-0.15, -0.1) is 5.10 Å². The van der Waals surface area contributed by atoms with Gasteiger partial charge in [0.05, 0.1) is 19.1 Å². The van der Waals surface area contributed by atoms with Crippen LogP contribution in [0.5, 0.6) is 0 Å². The molecule has 120 valence electrons. The maximum absolute atomic E-state index is 11.9. The van der Waals surface area contributed by atoms with Crippen molar-refractivity contribution in [1.82, 2.24) is 20.2 Å². The van der Waals surface area contributed by atoms with E-state index in [-0.39, 0.29) is 25.4 Å². The van der Waals surface area contributed by atoms with Crippen molar-refractivity contribution in [3.63, 3.8) is 0 Å². The maximum Gasteiger partial charge on any atom is 0.411 e. The number of carboxylic acids is 1. The number of nitrogens with zero attached hydrogens (tertiary/aromatic N) is 4. The van der Waals surface area contributed by atoms with E-state index in [0.29, 0.717) is 5.82 Å². The van der Waals surface area contributed by atoms with Crippen LogP contribution in [0.15, 0.2) is 0 Å². The van der Waals surface area contributed by atoms with E-state index >= 15 is 0 Å². The molecule has 0 saturated carbocycles. The molecule has 0 aliphatic heterocycles. The van der Waals surface area contributed by atoms with Crippen molar-refractivity contribution in [1.29, 1.82) is 0 Å². The highest BCUT2D eigenvalue weighted by molar-refractivity contribution is 5.67. The number of aliphatic carboxylic acids is 1. The molecular formula is C11H17F3N4O3. The summed E-state index contributed by atoms with van der Waals surface area (Å²) in [5, 5.41) is 19.8. The minimum Gasteiger partial charge on any atom is -0.481 e. The summed E-state index contributed by atoms with van der Waals surface area (Å²) in [7, 11) is 0. The Labute approximate surface area is 119 Å². The Morgan fingerprint density at radius 3 is 2.62 bits per heavy atom. The van der Waals surface area contributed by atoms with E-state index in [1.165, 1.54) is 4.68 Å². The van der Waals surface area contributed by atoms with E-state index in [1.54, 1.807) is 0 Å². The van der Waals surface area contributed by atoms with Gasteiger partial charge in [0.1, 0.15) is 6.61 Å². The minimum absolute atomic E-state index is 0.0422. The molecule has 7 nitrogen and oxygen atoms in total. The van der Waals surface area contributed by atoms with Gasteiger partial charge in [-0.3, -0.25) is 4.79 Å². The number of aromatic nitrogens is 4. The summed E-state index contributed by atoms with van der Waals surface area (Å²) in [6.45, 7) is 2.10. The highest BCUT2D eigenvalue weighted by Gasteiger charge is 2.28. The summed E-state index contributed by atoms with van der Waals surface area (Å²) in [6, 6.07) is -0.463. The fourth-order valence-corrected chi connectivity index (χ4v) is 1.77. The molecule has 1 rings (SSSR count). The van der Waals surface area contributed by atoms with Crippen LogP contribution in [0.1, 0.15) is 32.1 Å². The first-order valence-electron chi connectivity index (χ1n) is 6.33. The lowest BCUT2D eigenvalue weighted by Gasteiger charge is -2.20. The van der Waals surface area contributed by atoms with Gasteiger partial charge < -0.3 is 9.84 Å². The molecule has 0 spiro atoms. The molecule has 0 amide bonds. The molecule has 10 heteroatoms. The lowest BCUT2D eigenvalue weighted by Crippen LogP contribution is -2.23. The van der Waals surface area contributed by atoms with Crippen LogP contribution in [0.4, 0.5) is 13.2 Å². The van der Waals surface area contributed by atoms with Crippen molar-refractivity contribution in [3.05, 3.63) is 5.82 Å². The van der Waals surface area contributed by atoms with Crippen LogP contribution in [0.2, 0.25) is 0 Å². The van der Waals surface area contributed by atoms with Crippen molar-refractivity contribution in [3.8, 4) is 0 Å². The summed E-state index contributed by atoms with van der Waals surface area (Å²) >= 11 is 0. The van der Waals surface area contributed by atoms with Crippen molar-refractivity contribution in [2.75, 3.05) is 13.2 Å². The number of rotatable bonds is 8. The van der Waals surface area contributed by atoms with Gasteiger partial charge in [-0.1, -0.05) is 13.8 Å². The molecule has 1 atom stereocenters. The lowest BCUT2D eigenvalue weighted by atomic mass is 10.0.